The Morgan fingerprint density at radius 1 is 0.690 bits per heavy atom. The van der Waals surface area contributed by atoms with Crippen molar-refractivity contribution >= 4 is 12.0 Å². The Hall–Kier alpha value is -5.57. The number of fused-ring (bicyclic) bond motifs is 16. The number of nitrogens with zero attached hydrogens (tertiary/aromatic N) is 6. The van der Waals surface area contributed by atoms with Crippen LogP contribution < -0.4 is 11.1 Å². The first kappa shape index (κ1) is 25.4. The summed E-state index contributed by atoms with van der Waals surface area (Å²) in [7, 11) is 0. The van der Waals surface area contributed by atoms with Crippen LogP contribution in [0.2, 0.25) is 0 Å². The van der Waals surface area contributed by atoms with Crippen molar-refractivity contribution in [1.82, 2.24) is 35.2 Å². The predicted octanol–water partition coefficient (Wildman–Crippen LogP) is 4.45. The van der Waals surface area contributed by atoms with Crippen LogP contribution in [0.15, 0.2) is 70.2 Å². The highest BCUT2D eigenvalue weighted by atomic mass is 16.4. The third-order valence-electron chi connectivity index (χ3n) is 6.38. The number of carbonyl (C=O) groups excluding carboxylic acids is 1. The lowest BCUT2D eigenvalue weighted by Gasteiger charge is -2.15. The van der Waals surface area contributed by atoms with E-state index in [1.54, 1.807) is 6.08 Å². The molecule has 6 aromatic rings. The first-order valence-corrected chi connectivity index (χ1v) is 13.0. The van der Waals surface area contributed by atoms with Crippen molar-refractivity contribution in [3.8, 4) is 46.3 Å². The highest BCUT2D eigenvalue weighted by molar-refractivity contribution is 5.90. The number of oxazole rings is 6. The molecule has 3 N–H and O–H groups in total. The normalized spacial score (nSPS) is 15.7. The molecule has 42 heavy (non-hydrogen) atoms. The summed E-state index contributed by atoms with van der Waals surface area (Å²) < 4.78 is 33.4. The van der Waals surface area contributed by atoms with Gasteiger partial charge in [-0.15, -0.1) is 0 Å². The van der Waals surface area contributed by atoms with Crippen LogP contribution in [0.3, 0.4) is 0 Å². The van der Waals surface area contributed by atoms with E-state index in [4.69, 9.17) is 32.2 Å². The van der Waals surface area contributed by atoms with E-state index in [1.807, 2.05) is 6.08 Å². The highest BCUT2D eigenvalue weighted by Crippen LogP contribution is 2.28. The van der Waals surface area contributed by atoms with Crippen molar-refractivity contribution in [2.75, 3.05) is 6.54 Å². The lowest BCUT2D eigenvalue weighted by molar-refractivity contribution is 0.0898. The highest BCUT2D eigenvalue weighted by Gasteiger charge is 2.25. The fraction of sp³-hybridized carbons (Fsp3) is 0.222. The number of rotatable bonds is 4. The minimum Gasteiger partial charge on any atom is -0.444 e. The summed E-state index contributed by atoms with van der Waals surface area (Å²) in [4.78, 5) is 39.6. The van der Waals surface area contributed by atoms with E-state index in [-0.39, 0.29) is 35.1 Å². The van der Waals surface area contributed by atoms with Crippen LogP contribution >= 0.6 is 0 Å². The molecule has 0 saturated carbocycles. The smallest absolute Gasteiger partial charge is 0.307 e. The summed E-state index contributed by atoms with van der Waals surface area (Å²) in [5, 5.41) is 2.91. The molecule has 1 unspecified atom stereocenters. The SMILES string of the molecule is NCCCCC1NC(=O)c2nc(co2)-c2nc(co2)-c2nc(co2)C/C=C/c2nc(co2)-c2nc(co2)-c2nc1co2. The monoisotopic (exact) mass is 570 g/mol. The van der Waals surface area contributed by atoms with Crippen molar-refractivity contribution in [3.63, 3.8) is 0 Å². The van der Waals surface area contributed by atoms with Gasteiger partial charge in [0.05, 0.1) is 11.7 Å². The molecule has 7 heterocycles. The summed E-state index contributed by atoms with van der Waals surface area (Å²) in [5.74, 6) is 0.449. The van der Waals surface area contributed by atoms with Gasteiger partial charge >= 0.3 is 5.91 Å². The number of amides is 1. The summed E-state index contributed by atoms with van der Waals surface area (Å²) in [5.41, 5.74) is 8.14. The molecule has 0 spiro atoms. The molecule has 212 valence electrons. The number of carbonyl (C=O) groups is 1. The fourth-order valence-electron chi connectivity index (χ4n) is 4.29. The van der Waals surface area contributed by atoms with Crippen molar-refractivity contribution in [2.24, 2.45) is 5.73 Å². The zero-order chi connectivity index (χ0) is 28.5. The van der Waals surface area contributed by atoms with Crippen molar-refractivity contribution in [2.45, 2.75) is 31.7 Å². The molecule has 0 saturated heterocycles. The van der Waals surface area contributed by atoms with Crippen LogP contribution in [0.1, 0.15) is 53.3 Å². The Kier molecular flexibility index (Phi) is 6.52. The first-order valence-electron chi connectivity index (χ1n) is 13.0. The van der Waals surface area contributed by atoms with Crippen molar-refractivity contribution < 1.29 is 31.3 Å². The van der Waals surface area contributed by atoms with Gasteiger partial charge in [0.2, 0.25) is 29.5 Å². The van der Waals surface area contributed by atoms with Crippen molar-refractivity contribution in [3.05, 3.63) is 66.8 Å². The summed E-state index contributed by atoms with van der Waals surface area (Å²) in [6.07, 6.45) is 14.5. The minimum atomic E-state index is -0.555. The Bertz CT molecular complexity index is 1870. The minimum absolute atomic E-state index is 0.134. The molecule has 6 aromatic heterocycles. The van der Waals surface area contributed by atoms with E-state index in [1.165, 1.54) is 37.6 Å². The van der Waals surface area contributed by atoms with Crippen LogP contribution in [0.4, 0.5) is 0 Å². The standard InChI is InChI=1S/C27H22N8O7/c28-7-2-1-5-15-16-9-39-25(32-16)19-12-40-24(34-19)17-10-37-21(30-17)6-3-4-14-8-38-23(29-14)18-11-41-26(33-18)20-13-42-27(35-20)22(36)31-15/h3,6,8-13,15H,1-2,4-5,7,28H2,(H,31,36)/b6-3+. The number of unbranched alkanes of at least 4 members (excludes halogenated alkanes) is 1. The number of hydrogen-bond acceptors (Lipinski definition) is 14. The van der Waals surface area contributed by atoms with Gasteiger partial charge in [-0.25, -0.2) is 24.9 Å². The van der Waals surface area contributed by atoms with Gasteiger partial charge in [-0.1, -0.05) is 6.08 Å². The van der Waals surface area contributed by atoms with Gasteiger partial charge < -0.3 is 37.6 Å². The average molecular weight is 571 g/mol. The number of nitrogens with one attached hydrogen (secondary N) is 1. The molecule has 15 nitrogen and oxygen atoms in total. The molecular formula is C27H22N8O7. The van der Waals surface area contributed by atoms with Gasteiger partial charge in [-0.3, -0.25) is 4.79 Å². The number of nitrogens with two attached hydrogens (primary N) is 1. The zero-order valence-electron chi connectivity index (χ0n) is 21.9. The van der Waals surface area contributed by atoms with E-state index in [0.717, 1.165) is 12.8 Å². The Balaban J connectivity index is 1.24. The quantitative estimate of drug-likeness (QED) is 0.280. The zero-order valence-corrected chi connectivity index (χ0v) is 21.9. The maximum absolute atomic E-state index is 13.1. The number of aromatic nitrogens is 6. The average Bonchev–Trinajstić information content (AvgIpc) is 3.82. The van der Waals surface area contributed by atoms with E-state index in [9.17, 15) is 4.79 Å². The molecule has 0 aliphatic carbocycles. The maximum atomic E-state index is 13.1. The van der Waals surface area contributed by atoms with Crippen LogP contribution in [0.5, 0.6) is 0 Å². The molecule has 1 aliphatic heterocycles. The lowest BCUT2D eigenvalue weighted by atomic mass is 10.1. The van der Waals surface area contributed by atoms with Gasteiger partial charge in [-0.05, 0) is 31.9 Å². The molecule has 1 aliphatic rings. The first-order chi connectivity index (χ1) is 20.6. The molecule has 1 atom stereocenters. The fourth-order valence-corrected chi connectivity index (χ4v) is 4.29. The third-order valence-corrected chi connectivity index (χ3v) is 6.38. The summed E-state index contributed by atoms with van der Waals surface area (Å²) in [6, 6.07) is -0.522. The predicted molar refractivity (Wildman–Crippen MR) is 141 cm³/mol. The Morgan fingerprint density at radius 3 is 2.05 bits per heavy atom. The van der Waals surface area contributed by atoms with Crippen LogP contribution in [-0.4, -0.2) is 42.4 Å². The van der Waals surface area contributed by atoms with Gasteiger partial charge in [0, 0.05) is 6.42 Å². The number of hydrogen-bond donors (Lipinski definition) is 2. The molecular weight excluding hydrogens is 548 g/mol. The van der Waals surface area contributed by atoms with Gasteiger partial charge in [0.25, 0.3) is 5.89 Å². The molecule has 7 rings (SSSR count). The van der Waals surface area contributed by atoms with E-state index < -0.39 is 11.9 Å². The molecule has 0 aromatic carbocycles. The summed E-state index contributed by atoms with van der Waals surface area (Å²) in [6.45, 7) is 0.516. The second-order valence-electron chi connectivity index (χ2n) is 9.32. The Labute approximate surface area is 235 Å². The second kappa shape index (κ2) is 10.8. The van der Waals surface area contributed by atoms with Gasteiger partial charge in [0.15, 0.2) is 22.8 Å². The summed E-state index contributed by atoms with van der Waals surface area (Å²) >= 11 is 0. The Morgan fingerprint density at radius 2 is 1.29 bits per heavy atom. The number of allylic oxidation sites excluding steroid dienone is 1. The molecule has 1 amide bonds. The molecule has 12 bridgehead atoms. The van der Waals surface area contributed by atoms with E-state index in [2.05, 4.69) is 35.2 Å². The van der Waals surface area contributed by atoms with Crippen LogP contribution in [0.25, 0.3) is 52.4 Å². The largest absolute Gasteiger partial charge is 0.444 e. The van der Waals surface area contributed by atoms with Crippen LogP contribution in [0, 0.1) is 0 Å². The lowest BCUT2D eigenvalue weighted by Crippen LogP contribution is -2.29. The molecule has 0 radical (unpaired) electrons. The molecule has 0 fully saturated rings. The van der Waals surface area contributed by atoms with Crippen LogP contribution in [-0.2, 0) is 6.42 Å². The van der Waals surface area contributed by atoms with Crippen molar-refractivity contribution in [1.29, 1.82) is 0 Å². The topological polar surface area (TPSA) is 211 Å². The van der Waals surface area contributed by atoms with Gasteiger partial charge in [0.1, 0.15) is 43.3 Å². The van der Waals surface area contributed by atoms with E-state index in [0.29, 0.717) is 53.7 Å². The molecule has 15 heteroatoms. The van der Waals surface area contributed by atoms with Gasteiger partial charge in [-0.2, -0.15) is 4.98 Å². The second-order valence-corrected chi connectivity index (χ2v) is 9.32. The third kappa shape index (κ3) is 5.03. The maximum Gasteiger partial charge on any atom is 0.307 e. The van der Waals surface area contributed by atoms with E-state index >= 15 is 0 Å².